The first-order valence-electron chi connectivity index (χ1n) is 10.7. The molecule has 0 radical (unpaired) electrons. The van der Waals surface area contributed by atoms with Crippen molar-refractivity contribution in [2.75, 3.05) is 30.7 Å². The molecule has 2 aromatic carbocycles. The van der Waals surface area contributed by atoms with Gasteiger partial charge in [0, 0.05) is 18.9 Å². The van der Waals surface area contributed by atoms with E-state index >= 15 is 0 Å². The van der Waals surface area contributed by atoms with Crippen molar-refractivity contribution in [3.05, 3.63) is 72.1 Å². The van der Waals surface area contributed by atoms with Gasteiger partial charge in [0.2, 0.25) is 5.91 Å². The van der Waals surface area contributed by atoms with Gasteiger partial charge in [0.15, 0.2) is 0 Å². The molecular weight excluding hydrogens is 436 g/mol. The molecule has 0 spiro atoms. The second kappa shape index (κ2) is 10.6. The summed E-state index contributed by atoms with van der Waals surface area (Å²) in [5.41, 5.74) is 2.14. The highest BCUT2D eigenvalue weighted by molar-refractivity contribution is 8.32. The molecule has 3 aromatic rings. The van der Waals surface area contributed by atoms with Crippen LogP contribution < -0.4 is 15.4 Å². The molecule has 1 atom stereocenters. The minimum Gasteiger partial charge on any atom is -0.494 e. The molecule has 2 N–H and O–H groups in total. The molecule has 0 saturated heterocycles. The fourth-order valence-corrected chi connectivity index (χ4v) is 4.30. The maximum absolute atomic E-state index is 13.2. The summed E-state index contributed by atoms with van der Waals surface area (Å²) in [7, 11) is 0.947. The van der Waals surface area contributed by atoms with Crippen LogP contribution in [0.2, 0.25) is 0 Å². The van der Waals surface area contributed by atoms with Gasteiger partial charge < -0.3 is 15.4 Å². The summed E-state index contributed by atoms with van der Waals surface area (Å²) >= 11 is 0. The molecule has 7 nitrogen and oxygen atoms in total. The topological polar surface area (TPSA) is 85.2 Å². The summed E-state index contributed by atoms with van der Waals surface area (Å²) in [6.45, 7) is 2.46. The summed E-state index contributed by atoms with van der Waals surface area (Å²) in [5, 5.41) is 9.91. The van der Waals surface area contributed by atoms with Crippen molar-refractivity contribution in [1.82, 2.24) is 15.1 Å². The van der Waals surface area contributed by atoms with Crippen LogP contribution in [0.15, 0.2) is 65.8 Å². The Balaban J connectivity index is 1.79. The van der Waals surface area contributed by atoms with Crippen LogP contribution in [0.1, 0.15) is 24.1 Å². The summed E-state index contributed by atoms with van der Waals surface area (Å²) in [4.78, 5) is 27.2. The molecule has 176 valence electrons. The summed E-state index contributed by atoms with van der Waals surface area (Å²) < 4.78 is 7.14. The Labute approximate surface area is 196 Å². The normalized spacial score (nSPS) is 12.6. The predicted octanol–water partition coefficient (Wildman–Crippen LogP) is 3.91. The maximum Gasteiger partial charge on any atom is 0.251 e. The van der Waals surface area contributed by atoms with E-state index < -0.39 is 16.1 Å². The van der Waals surface area contributed by atoms with Gasteiger partial charge in [-0.2, -0.15) is 5.10 Å². The van der Waals surface area contributed by atoms with Crippen molar-refractivity contribution in [1.29, 1.82) is 0 Å². The summed E-state index contributed by atoms with van der Waals surface area (Å²) in [5.74, 6) is 0.139. The SMILES string of the molecule is CCOc1ccc(C(NC(=O)Cc2cnn(C)c2)C(=O)Nc2ccc(S(C)(C)C)cc2)cc1. The zero-order valence-corrected chi connectivity index (χ0v) is 20.6. The smallest absolute Gasteiger partial charge is 0.251 e. The minimum absolute atomic E-state index is 0.137. The number of nitrogens with one attached hydrogen (secondary N) is 2. The van der Waals surface area contributed by atoms with Crippen molar-refractivity contribution >= 4 is 27.5 Å². The highest BCUT2D eigenvalue weighted by Crippen LogP contribution is 2.45. The van der Waals surface area contributed by atoms with Gasteiger partial charge in [-0.15, -0.1) is 0 Å². The van der Waals surface area contributed by atoms with Gasteiger partial charge in [0.1, 0.15) is 11.8 Å². The maximum atomic E-state index is 13.2. The van der Waals surface area contributed by atoms with Gasteiger partial charge >= 0.3 is 0 Å². The number of benzene rings is 2. The number of carbonyl (C=O) groups excluding carboxylic acids is 2. The van der Waals surface area contributed by atoms with Gasteiger partial charge in [-0.3, -0.25) is 14.3 Å². The Hall–Kier alpha value is -3.26. The monoisotopic (exact) mass is 468 g/mol. The number of hydrogen-bond acceptors (Lipinski definition) is 4. The quantitative estimate of drug-likeness (QED) is 0.499. The van der Waals surface area contributed by atoms with Crippen LogP contribution in [0, 0.1) is 0 Å². The minimum atomic E-state index is -0.849. The van der Waals surface area contributed by atoms with Crippen LogP contribution in [0.25, 0.3) is 0 Å². The van der Waals surface area contributed by atoms with E-state index in [1.165, 1.54) is 4.90 Å². The number of amides is 2. The van der Waals surface area contributed by atoms with Crippen molar-refractivity contribution < 1.29 is 14.3 Å². The first kappa shape index (κ1) is 24.4. The van der Waals surface area contributed by atoms with E-state index in [1.54, 1.807) is 48.4 Å². The number of anilines is 1. The van der Waals surface area contributed by atoms with E-state index in [9.17, 15) is 9.59 Å². The van der Waals surface area contributed by atoms with E-state index in [-0.39, 0.29) is 18.2 Å². The van der Waals surface area contributed by atoms with Crippen molar-refractivity contribution in [3.8, 4) is 5.75 Å². The van der Waals surface area contributed by atoms with Crippen LogP contribution in [-0.2, 0) is 23.1 Å². The fraction of sp³-hybridized carbons (Fsp3) is 0.320. The Morgan fingerprint density at radius 3 is 2.27 bits per heavy atom. The van der Waals surface area contributed by atoms with E-state index in [2.05, 4.69) is 34.5 Å². The van der Waals surface area contributed by atoms with E-state index in [4.69, 9.17) is 4.74 Å². The van der Waals surface area contributed by atoms with Gasteiger partial charge in [-0.05, 0) is 78.1 Å². The number of hydrogen-bond donors (Lipinski definition) is 2. The first-order valence-corrected chi connectivity index (χ1v) is 13.6. The molecule has 33 heavy (non-hydrogen) atoms. The zero-order chi connectivity index (χ0) is 24.0. The van der Waals surface area contributed by atoms with Gasteiger partial charge in [-0.1, -0.05) is 12.1 Å². The largest absolute Gasteiger partial charge is 0.494 e. The number of aryl methyl sites for hydroxylation is 1. The predicted molar refractivity (Wildman–Crippen MR) is 134 cm³/mol. The lowest BCUT2D eigenvalue weighted by atomic mass is 10.0. The second-order valence-electron chi connectivity index (χ2n) is 8.55. The Morgan fingerprint density at radius 1 is 1.06 bits per heavy atom. The number of carbonyl (C=O) groups is 2. The zero-order valence-electron chi connectivity index (χ0n) is 19.8. The van der Waals surface area contributed by atoms with Gasteiger partial charge in [0.25, 0.3) is 5.91 Å². The van der Waals surface area contributed by atoms with Crippen LogP contribution in [0.5, 0.6) is 5.75 Å². The van der Waals surface area contributed by atoms with Crippen molar-refractivity contribution in [2.45, 2.75) is 24.3 Å². The van der Waals surface area contributed by atoms with Crippen LogP contribution in [-0.4, -0.2) is 47.0 Å². The average molecular weight is 469 g/mol. The molecule has 1 unspecified atom stereocenters. The Kier molecular flexibility index (Phi) is 7.81. The Morgan fingerprint density at radius 2 is 1.73 bits per heavy atom. The molecule has 0 aliphatic heterocycles. The molecule has 0 bridgehead atoms. The third-order valence-electron chi connectivity index (χ3n) is 5.04. The fourth-order valence-electron chi connectivity index (χ4n) is 3.34. The lowest BCUT2D eigenvalue weighted by Crippen LogP contribution is -2.37. The molecule has 0 aliphatic carbocycles. The molecule has 2 amide bonds. The van der Waals surface area contributed by atoms with Crippen LogP contribution >= 0.6 is 10.0 Å². The first-order chi connectivity index (χ1) is 15.7. The number of nitrogens with zero attached hydrogens (tertiary/aromatic N) is 2. The Bertz CT molecular complexity index is 1090. The molecule has 0 saturated carbocycles. The number of ether oxygens (including phenoxy) is 1. The number of aromatic nitrogens is 2. The van der Waals surface area contributed by atoms with Crippen molar-refractivity contribution in [2.24, 2.45) is 7.05 Å². The molecule has 0 aliphatic rings. The van der Waals surface area contributed by atoms with E-state index in [0.29, 0.717) is 23.6 Å². The molecule has 1 aromatic heterocycles. The average Bonchev–Trinajstić information content (AvgIpc) is 3.17. The molecule has 8 heteroatoms. The molecular formula is C25H32N4O3S. The number of rotatable bonds is 9. The summed E-state index contributed by atoms with van der Waals surface area (Å²) in [6.07, 6.45) is 10.2. The van der Waals surface area contributed by atoms with Crippen LogP contribution in [0.4, 0.5) is 5.69 Å². The van der Waals surface area contributed by atoms with E-state index in [0.717, 1.165) is 5.56 Å². The highest BCUT2D eigenvalue weighted by atomic mass is 32.3. The van der Waals surface area contributed by atoms with Gasteiger partial charge in [0.05, 0.1) is 19.2 Å². The molecule has 1 heterocycles. The third-order valence-corrected chi connectivity index (χ3v) is 6.73. The molecule has 0 fully saturated rings. The highest BCUT2D eigenvalue weighted by Gasteiger charge is 2.23. The molecule has 3 rings (SSSR count). The lowest BCUT2D eigenvalue weighted by molar-refractivity contribution is -0.126. The third kappa shape index (κ3) is 6.86. The van der Waals surface area contributed by atoms with Gasteiger partial charge in [-0.25, -0.2) is 10.0 Å². The summed E-state index contributed by atoms with van der Waals surface area (Å²) in [6, 6.07) is 14.2. The standard InChI is InChI=1S/C25H32N4O3S/c1-6-32-21-11-7-19(8-12-21)24(28-23(30)15-18-16-26-29(2)17-18)25(31)27-20-9-13-22(14-10-20)33(3,4)5/h7-14,16-17,24H,6,15H2,1-5H3,(H,27,31)(H,28,30). The van der Waals surface area contributed by atoms with E-state index in [1.807, 2.05) is 31.2 Å². The second-order valence-corrected chi connectivity index (χ2v) is 12.7. The lowest BCUT2D eigenvalue weighted by Gasteiger charge is -2.26. The van der Waals surface area contributed by atoms with Crippen molar-refractivity contribution in [3.63, 3.8) is 0 Å². The van der Waals surface area contributed by atoms with Crippen LogP contribution in [0.3, 0.4) is 0 Å².